The zero-order valence-electron chi connectivity index (χ0n) is 9.63. The molecule has 0 radical (unpaired) electrons. The molecule has 3 heteroatoms. The zero-order valence-corrected chi connectivity index (χ0v) is 10.4. The molecule has 1 atom stereocenters. The van der Waals surface area contributed by atoms with Crippen LogP contribution in [0.1, 0.15) is 18.4 Å². The maximum atomic E-state index is 13.8. The first-order chi connectivity index (χ1) is 7.79. The molecule has 0 amide bonds. The minimum atomic E-state index is -0.0441. The molecule has 16 heavy (non-hydrogen) atoms. The van der Waals surface area contributed by atoms with E-state index < -0.39 is 0 Å². The summed E-state index contributed by atoms with van der Waals surface area (Å²) in [7, 11) is 0. The minimum absolute atomic E-state index is 0.0441. The van der Waals surface area contributed by atoms with Crippen LogP contribution >= 0.6 is 11.8 Å². The van der Waals surface area contributed by atoms with Crippen LogP contribution in [0, 0.1) is 11.7 Å². The third kappa shape index (κ3) is 2.98. The van der Waals surface area contributed by atoms with Crippen molar-refractivity contribution in [3.63, 3.8) is 0 Å². The molecule has 1 heterocycles. The average Bonchev–Trinajstić information content (AvgIpc) is 2.33. The first-order valence-electron chi connectivity index (χ1n) is 5.82. The maximum Gasteiger partial charge on any atom is 0.127 e. The molecule has 0 aliphatic carbocycles. The molecule has 88 valence electrons. The summed E-state index contributed by atoms with van der Waals surface area (Å²) in [5.41, 5.74) is 0.867. The lowest BCUT2D eigenvalue weighted by Crippen LogP contribution is -2.31. The van der Waals surface area contributed by atoms with Crippen molar-refractivity contribution in [3.8, 4) is 0 Å². The average molecular weight is 239 g/mol. The molecule has 2 rings (SSSR count). The summed E-state index contributed by atoms with van der Waals surface area (Å²) < 4.78 is 13.8. The second-order valence-corrected chi connectivity index (χ2v) is 5.25. The molecule has 0 saturated carbocycles. The Balaban J connectivity index is 2.03. The van der Waals surface area contributed by atoms with Gasteiger partial charge in [-0.3, -0.25) is 0 Å². The molecule has 1 fully saturated rings. The first kappa shape index (κ1) is 11.9. The summed E-state index contributed by atoms with van der Waals surface area (Å²) in [6.07, 6.45) is 5.28. The molecule has 1 aromatic carbocycles. The fourth-order valence-corrected chi connectivity index (χ4v) is 2.66. The highest BCUT2D eigenvalue weighted by Gasteiger charge is 2.15. The molecule has 1 aliphatic heterocycles. The summed E-state index contributed by atoms with van der Waals surface area (Å²) in [6.45, 7) is 2.15. The topological polar surface area (TPSA) is 12.0 Å². The normalized spacial score (nSPS) is 21.0. The number of benzene rings is 1. The number of thioether (sulfide) groups is 1. The van der Waals surface area contributed by atoms with Crippen LogP contribution in [0.4, 0.5) is 4.39 Å². The molecule has 0 spiro atoms. The van der Waals surface area contributed by atoms with Crippen molar-refractivity contribution in [1.29, 1.82) is 0 Å². The van der Waals surface area contributed by atoms with Crippen LogP contribution in [0.25, 0.3) is 0 Å². The van der Waals surface area contributed by atoms with Gasteiger partial charge in [-0.05, 0) is 62.2 Å². The Morgan fingerprint density at radius 1 is 1.50 bits per heavy atom. The molecule has 1 N–H and O–H groups in total. The van der Waals surface area contributed by atoms with Crippen molar-refractivity contribution in [2.45, 2.75) is 24.2 Å². The Bertz CT molecular complexity index is 348. The fraction of sp³-hybridized carbons (Fsp3) is 0.538. The minimum Gasteiger partial charge on any atom is -0.316 e. The van der Waals surface area contributed by atoms with Crippen molar-refractivity contribution in [2.24, 2.45) is 5.92 Å². The van der Waals surface area contributed by atoms with E-state index in [9.17, 15) is 4.39 Å². The molecule has 1 nitrogen and oxygen atoms in total. The van der Waals surface area contributed by atoms with Gasteiger partial charge in [-0.15, -0.1) is 11.8 Å². The third-order valence-electron chi connectivity index (χ3n) is 3.17. The second-order valence-electron chi connectivity index (χ2n) is 4.37. The van der Waals surface area contributed by atoms with Crippen LogP contribution in [-0.4, -0.2) is 19.3 Å². The number of hydrogen-bond donors (Lipinski definition) is 1. The molecule has 1 aliphatic rings. The Labute approximate surface area is 101 Å². The van der Waals surface area contributed by atoms with E-state index in [-0.39, 0.29) is 5.82 Å². The van der Waals surface area contributed by atoms with E-state index in [1.54, 1.807) is 17.8 Å². The van der Waals surface area contributed by atoms with E-state index in [2.05, 4.69) is 5.32 Å². The predicted octanol–water partition coefficient (Wildman–Crippen LogP) is 3.09. The summed E-state index contributed by atoms with van der Waals surface area (Å²) in [4.78, 5) is 1.00. The molecule has 1 unspecified atom stereocenters. The van der Waals surface area contributed by atoms with Crippen LogP contribution in [0.3, 0.4) is 0 Å². The monoisotopic (exact) mass is 239 g/mol. The Hall–Kier alpha value is -0.540. The fourth-order valence-electron chi connectivity index (χ4n) is 2.23. The summed E-state index contributed by atoms with van der Waals surface area (Å²) in [5.74, 6) is 0.556. The van der Waals surface area contributed by atoms with Crippen molar-refractivity contribution in [1.82, 2.24) is 5.32 Å². The summed E-state index contributed by atoms with van der Waals surface area (Å²) >= 11 is 1.59. The van der Waals surface area contributed by atoms with Crippen LogP contribution in [0.5, 0.6) is 0 Å². The molecular formula is C13H18FNS. The van der Waals surface area contributed by atoms with Gasteiger partial charge in [0, 0.05) is 4.90 Å². The quantitative estimate of drug-likeness (QED) is 0.814. The maximum absolute atomic E-state index is 13.8. The van der Waals surface area contributed by atoms with Crippen LogP contribution in [0.15, 0.2) is 23.1 Å². The molecule has 0 aromatic heterocycles. The molecule has 0 bridgehead atoms. The Morgan fingerprint density at radius 3 is 3.00 bits per heavy atom. The van der Waals surface area contributed by atoms with E-state index >= 15 is 0 Å². The van der Waals surface area contributed by atoms with E-state index in [1.165, 1.54) is 12.8 Å². The molecule has 1 aromatic rings. The van der Waals surface area contributed by atoms with Crippen molar-refractivity contribution in [3.05, 3.63) is 29.6 Å². The van der Waals surface area contributed by atoms with Gasteiger partial charge < -0.3 is 5.32 Å². The second kappa shape index (κ2) is 5.69. The number of nitrogens with one attached hydrogen (secondary N) is 1. The van der Waals surface area contributed by atoms with Gasteiger partial charge in [-0.25, -0.2) is 4.39 Å². The number of halogens is 1. The largest absolute Gasteiger partial charge is 0.316 e. The van der Waals surface area contributed by atoms with Crippen molar-refractivity contribution in [2.75, 3.05) is 19.3 Å². The number of rotatable bonds is 3. The van der Waals surface area contributed by atoms with Gasteiger partial charge in [-0.2, -0.15) is 0 Å². The van der Waals surface area contributed by atoms with E-state index in [4.69, 9.17) is 0 Å². The lowest BCUT2D eigenvalue weighted by molar-refractivity contribution is 0.372. The SMILES string of the molecule is CSc1ccc(CC2CCCNC2)c(F)c1. The smallest absolute Gasteiger partial charge is 0.127 e. The summed E-state index contributed by atoms with van der Waals surface area (Å²) in [5, 5.41) is 3.37. The zero-order chi connectivity index (χ0) is 11.4. The van der Waals surface area contributed by atoms with E-state index in [1.807, 2.05) is 18.4 Å². The van der Waals surface area contributed by atoms with Crippen molar-refractivity contribution < 1.29 is 4.39 Å². The molecule has 1 saturated heterocycles. The molecular weight excluding hydrogens is 221 g/mol. The van der Waals surface area contributed by atoms with Gasteiger partial charge in [-0.1, -0.05) is 6.07 Å². The number of piperidine rings is 1. The Kier molecular flexibility index (Phi) is 4.24. The highest BCUT2D eigenvalue weighted by molar-refractivity contribution is 7.98. The summed E-state index contributed by atoms with van der Waals surface area (Å²) in [6, 6.07) is 5.60. The highest BCUT2D eigenvalue weighted by Crippen LogP contribution is 2.22. The van der Waals surface area contributed by atoms with Gasteiger partial charge >= 0.3 is 0 Å². The van der Waals surface area contributed by atoms with Gasteiger partial charge in [0.15, 0.2) is 0 Å². The third-order valence-corrected chi connectivity index (χ3v) is 3.89. The first-order valence-corrected chi connectivity index (χ1v) is 7.05. The standard InChI is InChI=1S/C13H18FNS/c1-16-12-5-4-11(13(14)8-12)7-10-3-2-6-15-9-10/h4-5,8,10,15H,2-3,6-7,9H2,1H3. The van der Waals surface area contributed by atoms with Gasteiger partial charge in [0.2, 0.25) is 0 Å². The van der Waals surface area contributed by atoms with E-state index in [0.29, 0.717) is 5.92 Å². The lowest BCUT2D eigenvalue weighted by Gasteiger charge is -2.22. The van der Waals surface area contributed by atoms with Crippen LogP contribution < -0.4 is 5.32 Å². The predicted molar refractivity (Wildman–Crippen MR) is 67.5 cm³/mol. The highest BCUT2D eigenvalue weighted by atomic mass is 32.2. The lowest BCUT2D eigenvalue weighted by atomic mass is 9.92. The van der Waals surface area contributed by atoms with E-state index in [0.717, 1.165) is 30.0 Å². The van der Waals surface area contributed by atoms with Gasteiger partial charge in [0.1, 0.15) is 5.82 Å². The van der Waals surface area contributed by atoms with Gasteiger partial charge in [0.05, 0.1) is 0 Å². The van der Waals surface area contributed by atoms with Crippen LogP contribution in [-0.2, 0) is 6.42 Å². The Morgan fingerprint density at radius 2 is 2.38 bits per heavy atom. The van der Waals surface area contributed by atoms with Crippen molar-refractivity contribution >= 4 is 11.8 Å². The van der Waals surface area contributed by atoms with Gasteiger partial charge in [0.25, 0.3) is 0 Å². The van der Waals surface area contributed by atoms with Crippen LogP contribution in [0.2, 0.25) is 0 Å². The number of hydrogen-bond acceptors (Lipinski definition) is 2.